The van der Waals surface area contributed by atoms with E-state index in [9.17, 15) is 4.79 Å². The zero-order valence-corrected chi connectivity index (χ0v) is 9.38. The number of rotatable bonds is 5. The Morgan fingerprint density at radius 2 is 2.33 bits per heavy atom. The van der Waals surface area contributed by atoms with E-state index in [0.717, 1.165) is 5.56 Å². The lowest BCUT2D eigenvalue weighted by Crippen LogP contribution is -2.26. The minimum absolute atomic E-state index is 0.0837. The summed E-state index contributed by atoms with van der Waals surface area (Å²) in [5, 5.41) is 3.33. The van der Waals surface area contributed by atoms with Crippen LogP contribution in [0.4, 0.5) is 0 Å². The molecule has 0 atom stereocenters. The zero-order valence-electron chi connectivity index (χ0n) is 8.63. The van der Waals surface area contributed by atoms with E-state index in [4.69, 9.17) is 16.3 Å². The van der Waals surface area contributed by atoms with Crippen LogP contribution < -0.4 is 5.32 Å². The predicted octanol–water partition coefficient (Wildman–Crippen LogP) is 1.99. The summed E-state index contributed by atoms with van der Waals surface area (Å²) in [4.78, 5) is 11.0. The molecule has 0 heterocycles. The Balaban J connectivity index is 2.28. The van der Waals surface area contributed by atoms with E-state index in [1.54, 1.807) is 6.07 Å². The van der Waals surface area contributed by atoms with Crippen molar-refractivity contribution in [2.45, 2.75) is 13.5 Å². The number of hydrogen-bond acceptors (Lipinski definition) is 2. The third kappa shape index (κ3) is 4.81. The van der Waals surface area contributed by atoms with Crippen molar-refractivity contribution in [3.63, 3.8) is 0 Å². The van der Waals surface area contributed by atoms with Gasteiger partial charge in [0.25, 0.3) is 0 Å². The van der Waals surface area contributed by atoms with Crippen molar-refractivity contribution in [1.29, 1.82) is 0 Å². The second-order valence-corrected chi connectivity index (χ2v) is 3.51. The van der Waals surface area contributed by atoms with Crippen molar-refractivity contribution in [1.82, 2.24) is 5.32 Å². The Morgan fingerprint density at radius 3 is 3.00 bits per heavy atom. The van der Waals surface area contributed by atoms with Crippen LogP contribution in [0.1, 0.15) is 12.5 Å². The van der Waals surface area contributed by atoms with Crippen LogP contribution in [0.15, 0.2) is 24.3 Å². The van der Waals surface area contributed by atoms with Gasteiger partial charge in [-0.05, 0) is 24.6 Å². The highest BCUT2D eigenvalue weighted by molar-refractivity contribution is 6.30. The van der Waals surface area contributed by atoms with Crippen LogP contribution in [-0.2, 0) is 16.1 Å². The number of likely N-dealkylation sites (N-methyl/N-ethyl adjacent to an activating group) is 1. The molecule has 1 aromatic rings. The van der Waals surface area contributed by atoms with Crippen LogP contribution >= 0.6 is 11.6 Å². The zero-order chi connectivity index (χ0) is 11.1. The molecule has 0 radical (unpaired) electrons. The van der Waals surface area contributed by atoms with E-state index in [2.05, 4.69) is 5.32 Å². The maximum absolute atomic E-state index is 11.0. The smallest absolute Gasteiger partial charge is 0.246 e. The number of carbonyl (C=O) groups is 1. The van der Waals surface area contributed by atoms with Gasteiger partial charge < -0.3 is 10.1 Å². The monoisotopic (exact) mass is 227 g/mol. The molecule has 82 valence electrons. The van der Waals surface area contributed by atoms with E-state index in [-0.39, 0.29) is 12.5 Å². The first kappa shape index (κ1) is 12.0. The van der Waals surface area contributed by atoms with Gasteiger partial charge in [-0.1, -0.05) is 23.7 Å². The SMILES string of the molecule is CCNC(=O)COCc1cccc(Cl)c1. The van der Waals surface area contributed by atoms with Crippen LogP contribution in [0.25, 0.3) is 0 Å². The summed E-state index contributed by atoms with van der Waals surface area (Å²) < 4.78 is 5.22. The van der Waals surface area contributed by atoms with Crippen molar-refractivity contribution >= 4 is 17.5 Å². The molecule has 3 nitrogen and oxygen atoms in total. The molecule has 0 saturated carbocycles. The average molecular weight is 228 g/mol. The van der Waals surface area contributed by atoms with Crippen LogP contribution in [0.3, 0.4) is 0 Å². The van der Waals surface area contributed by atoms with Crippen LogP contribution in [0, 0.1) is 0 Å². The molecule has 15 heavy (non-hydrogen) atoms. The summed E-state index contributed by atoms with van der Waals surface area (Å²) >= 11 is 5.80. The molecule has 1 amide bonds. The molecule has 0 bridgehead atoms. The largest absolute Gasteiger partial charge is 0.367 e. The van der Waals surface area contributed by atoms with Crippen LogP contribution in [0.2, 0.25) is 5.02 Å². The van der Waals surface area contributed by atoms with Gasteiger partial charge in [0.05, 0.1) is 6.61 Å². The fraction of sp³-hybridized carbons (Fsp3) is 0.364. The summed E-state index contributed by atoms with van der Waals surface area (Å²) in [5.41, 5.74) is 0.965. The van der Waals surface area contributed by atoms with Gasteiger partial charge in [-0.3, -0.25) is 4.79 Å². The second-order valence-electron chi connectivity index (χ2n) is 3.08. The van der Waals surface area contributed by atoms with Gasteiger partial charge in [0.1, 0.15) is 6.61 Å². The van der Waals surface area contributed by atoms with Gasteiger partial charge in [-0.25, -0.2) is 0 Å². The third-order valence-electron chi connectivity index (χ3n) is 1.76. The summed E-state index contributed by atoms with van der Waals surface area (Å²) in [6.45, 7) is 2.98. The molecule has 1 rings (SSSR count). The summed E-state index contributed by atoms with van der Waals surface area (Å²) in [5.74, 6) is -0.0977. The number of carbonyl (C=O) groups excluding carboxylic acids is 1. The van der Waals surface area contributed by atoms with Gasteiger partial charge in [0.15, 0.2) is 0 Å². The maximum atomic E-state index is 11.0. The average Bonchev–Trinajstić information content (AvgIpc) is 2.18. The fourth-order valence-corrected chi connectivity index (χ4v) is 1.35. The van der Waals surface area contributed by atoms with Crippen molar-refractivity contribution < 1.29 is 9.53 Å². The number of benzene rings is 1. The summed E-state index contributed by atoms with van der Waals surface area (Å²) in [6, 6.07) is 7.38. The quantitative estimate of drug-likeness (QED) is 0.836. The van der Waals surface area contributed by atoms with Crippen molar-refractivity contribution in [3.05, 3.63) is 34.9 Å². The first-order valence-corrected chi connectivity index (χ1v) is 5.19. The predicted molar refractivity (Wildman–Crippen MR) is 59.8 cm³/mol. The topological polar surface area (TPSA) is 38.3 Å². The second kappa shape index (κ2) is 6.43. The van der Waals surface area contributed by atoms with Gasteiger partial charge >= 0.3 is 0 Å². The Labute approximate surface area is 94.4 Å². The first-order valence-electron chi connectivity index (χ1n) is 4.81. The van der Waals surface area contributed by atoms with E-state index in [0.29, 0.717) is 18.2 Å². The van der Waals surface area contributed by atoms with Gasteiger partial charge in [-0.15, -0.1) is 0 Å². The van der Waals surface area contributed by atoms with E-state index >= 15 is 0 Å². The highest BCUT2D eigenvalue weighted by atomic mass is 35.5. The van der Waals surface area contributed by atoms with Crippen LogP contribution in [-0.4, -0.2) is 19.1 Å². The molecule has 0 aliphatic carbocycles. The number of amides is 1. The van der Waals surface area contributed by atoms with Crippen molar-refractivity contribution in [2.75, 3.05) is 13.2 Å². The number of nitrogens with one attached hydrogen (secondary N) is 1. The van der Waals surface area contributed by atoms with Gasteiger partial charge in [-0.2, -0.15) is 0 Å². The molecule has 0 fully saturated rings. The molecule has 0 unspecified atom stereocenters. The minimum atomic E-state index is -0.0977. The third-order valence-corrected chi connectivity index (χ3v) is 2.00. The number of ether oxygens (including phenoxy) is 1. The number of halogens is 1. The Morgan fingerprint density at radius 1 is 1.53 bits per heavy atom. The Bertz CT molecular complexity index is 328. The molecule has 0 aliphatic rings. The highest BCUT2D eigenvalue weighted by Gasteiger charge is 1.99. The fourth-order valence-electron chi connectivity index (χ4n) is 1.14. The lowest BCUT2D eigenvalue weighted by molar-refractivity contribution is -0.125. The first-order chi connectivity index (χ1) is 7.22. The molecule has 0 aromatic heterocycles. The maximum Gasteiger partial charge on any atom is 0.246 e. The number of hydrogen-bond donors (Lipinski definition) is 1. The van der Waals surface area contributed by atoms with Gasteiger partial charge in [0, 0.05) is 11.6 Å². The molecule has 0 spiro atoms. The Hall–Kier alpha value is -1.06. The van der Waals surface area contributed by atoms with Crippen LogP contribution in [0.5, 0.6) is 0 Å². The molecule has 1 aromatic carbocycles. The molecule has 4 heteroatoms. The normalized spacial score (nSPS) is 10.0. The van der Waals surface area contributed by atoms with Gasteiger partial charge in [0.2, 0.25) is 5.91 Å². The molecule has 0 saturated heterocycles. The van der Waals surface area contributed by atoms with E-state index in [1.165, 1.54) is 0 Å². The molecular weight excluding hydrogens is 214 g/mol. The lowest BCUT2D eigenvalue weighted by Gasteiger charge is -2.04. The van der Waals surface area contributed by atoms with Crippen molar-refractivity contribution in [3.8, 4) is 0 Å². The lowest BCUT2D eigenvalue weighted by atomic mass is 10.2. The summed E-state index contributed by atoms with van der Waals surface area (Å²) in [7, 11) is 0. The van der Waals surface area contributed by atoms with E-state index < -0.39 is 0 Å². The standard InChI is InChI=1S/C11H14ClNO2/c1-2-13-11(14)8-15-7-9-4-3-5-10(12)6-9/h3-6H,2,7-8H2,1H3,(H,13,14). The van der Waals surface area contributed by atoms with Crippen molar-refractivity contribution in [2.24, 2.45) is 0 Å². The Kier molecular flexibility index (Phi) is 5.15. The highest BCUT2D eigenvalue weighted by Crippen LogP contribution is 2.11. The molecule has 0 aliphatic heterocycles. The van der Waals surface area contributed by atoms with E-state index in [1.807, 2.05) is 25.1 Å². The molecular formula is C11H14ClNO2. The molecule has 1 N–H and O–H groups in total. The minimum Gasteiger partial charge on any atom is -0.367 e. The summed E-state index contributed by atoms with van der Waals surface area (Å²) in [6.07, 6.45) is 0.